The van der Waals surface area contributed by atoms with E-state index in [0.717, 1.165) is 11.4 Å². The van der Waals surface area contributed by atoms with Crippen molar-refractivity contribution < 1.29 is 9.47 Å². The van der Waals surface area contributed by atoms with Gasteiger partial charge < -0.3 is 20.5 Å². The second-order valence-corrected chi connectivity index (χ2v) is 4.69. The van der Waals surface area contributed by atoms with Crippen molar-refractivity contribution in [2.45, 2.75) is 0 Å². The Morgan fingerprint density at radius 1 is 1.20 bits per heavy atom. The molecule has 0 aliphatic carbocycles. The van der Waals surface area contributed by atoms with Crippen LogP contribution in [-0.2, 0) is 0 Å². The summed E-state index contributed by atoms with van der Waals surface area (Å²) in [6, 6.07) is 9.25. The number of fused-ring (bicyclic) bond motifs is 1. The van der Waals surface area contributed by atoms with Crippen LogP contribution >= 0.6 is 12.2 Å². The van der Waals surface area contributed by atoms with Gasteiger partial charge in [-0.05, 0) is 24.3 Å². The predicted octanol–water partition coefficient (Wildman–Crippen LogP) is 2.23. The molecule has 1 aliphatic heterocycles. The quantitative estimate of drug-likeness (QED) is 0.844. The summed E-state index contributed by atoms with van der Waals surface area (Å²) in [6.45, 7) is 1.13. The summed E-state index contributed by atoms with van der Waals surface area (Å²) in [5.74, 6) is 2.09. The van der Waals surface area contributed by atoms with Crippen LogP contribution in [0, 0.1) is 0 Å². The van der Waals surface area contributed by atoms with Gasteiger partial charge >= 0.3 is 0 Å². The fraction of sp³-hybridized carbons (Fsp3) is 0.143. The third-order valence-corrected chi connectivity index (χ3v) is 3.10. The molecule has 1 aromatic heterocycles. The smallest absolute Gasteiger partial charge is 0.163 e. The maximum atomic E-state index is 5.69. The van der Waals surface area contributed by atoms with Gasteiger partial charge in [0.15, 0.2) is 11.5 Å². The van der Waals surface area contributed by atoms with Crippen LogP contribution in [0.15, 0.2) is 36.5 Å². The zero-order chi connectivity index (χ0) is 13.9. The lowest BCUT2D eigenvalue weighted by atomic mass is 10.2. The second-order valence-electron chi connectivity index (χ2n) is 4.25. The lowest BCUT2D eigenvalue weighted by molar-refractivity contribution is 0.171. The molecule has 0 saturated carbocycles. The van der Waals surface area contributed by atoms with Crippen LogP contribution in [0.3, 0.4) is 0 Å². The van der Waals surface area contributed by atoms with Crippen molar-refractivity contribution in [1.29, 1.82) is 0 Å². The number of nitrogens with one attached hydrogen (secondary N) is 1. The Labute approximate surface area is 121 Å². The first-order chi connectivity index (χ1) is 9.74. The van der Waals surface area contributed by atoms with E-state index in [1.807, 2.05) is 24.3 Å². The number of nitrogens with two attached hydrogens (primary N) is 1. The number of rotatable bonds is 3. The number of aromatic nitrogens is 1. The Hall–Kier alpha value is -2.34. The zero-order valence-electron chi connectivity index (χ0n) is 10.6. The highest BCUT2D eigenvalue weighted by atomic mass is 32.1. The summed E-state index contributed by atoms with van der Waals surface area (Å²) >= 11 is 5.02. The molecule has 5 nitrogen and oxygen atoms in total. The molecule has 0 atom stereocenters. The molecule has 2 heterocycles. The molecule has 102 valence electrons. The number of thiocarbonyl (C=S) groups is 1. The summed E-state index contributed by atoms with van der Waals surface area (Å²) in [5.41, 5.74) is 7.23. The standard InChI is InChI=1S/C14H13N3O2S/c15-13(20)10-2-1-5-16-14(10)17-9-3-4-11-12(8-9)19-7-6-18-11/h1-5,8H,6-7H2,(H2,15,20)(H,16,17). The molecule has 0 saturated heterocycles. The Morgan fingerprint density at radius 2 is 2.00 bits per heavy atom. The van der Waals surface area contributed by atoms with Gasteiger partial charge in [0.05, 0.1) is 5.56 Å². The molecular weight excluding hydrogens is 274 g/mol. The Kier molecular flexibility index (Phi) is 3.39. The Morgan fingerprint density at radius 3 is 2.80 bits per heavy atom. The van der Waals surface area contributed by atoms with Crippen LogP contribution < -0.4 is 20.5 Å². The fourth-order valence-corrected chi connectivity index (χ4v) is 2.13. The van der Waals surface area contributed by atoms with E-state index in [1.165, 1.54) is 0 Å². The lowest BCUT2D eigenvalue weighted by Crippen LogP contribution is -2.15. The first-order valence-electron chi connectivity index (χ1n) is 6.15. The molecule has 0 spiro atoms. The second kappa shape index (κ2) is 5.34. The van der Waals surface area contributed by atoms with E-state index < -0.39 is 0 Å². The average molecular weight is 287 g/mol. The molecule has 2 aromatic rings. The van der Waals surface area contributed by atoms with Gasteiger partial charge in [-0.25, -0.2) is 4.98 Å². The minimum atomic E-state index is 0.304. The molecule has 20 heavy (non-hydrogen) atoms. The van der Waals surface area contributed by atoms with Gasteiger partial charge in [-0.2, -0.15) is 0 Å². The molecule has 3 rings (SSSR count). The van der Waals surface area contributed by atoms with Gasteiger partial charge in [-0.3, -0.25) is 0 Å². The average Bonchev–Trinajstić information content (AvgIpc) is 2.47. The van der Waals surface area contributed by atoms with E-state index in [2.05, 4.69) is 10.3 Å². The number of ether oxygens (including phenoxy) is 2. The monoisotopic (exact) mass is 287 g/mol. The van der Waals surface area contributed by atoms with Gasteiger partial charge in [-0.15, -0.1) is 0 Å². The number of hydrogen-bond donors (Lipinski definition) is 2. The van der Waals surface area contributed by atoms with Crippen LogP contribution in [0.4, 0.5) is 11.5 Å². The molecule has 6 heteroatoms. The lowest BCUT2D eigenvalue weighted by Gasteiger charge is -2.19. The molecule has 1 aliphatic rings. The van der Waals surface area contributed by atoms with Gasteiger partial charge in [0.1, 0.15) is 24.0 Å². The van der Waals surface area contributed by atoms with Crippen molar-refractivity contribution in [1.82, 2.24) is 4.98 Å². The fourth-order valence-electron chi connectivity index (χ4n) is 1.96. The summed E-state index contributed by atoms with van der Waals surface area (Å²) in [6.07, 6.45) is 1.68. The number of nitrogens with zero attached hydrogens (tertiary/aromatic N) is 1. The largest absolute Gasteiger partial charge is 0.486 e. The predicted molar refractivity (Wildman–Crippen MR) is 80.8 cm³/mol. The summed E-state index contributed by atoms with van der Waals surface area (Å²) in [4.78, 5) is 4.56. The van der Waals surface area contributed by atoms with E-state index in [-0.39, 0.29) is 0 Å². The molecule has 3 N–H and O–H groups in total. The molecule has 0 amide bonds. The molecule has 0 fully saturated rings. The Balaban J connectivity index is 1.90. The van der Waals surface area contributed by atoms with Gasteiger partial charge in [0, 0.05) is 18.0 Å². The summed E-state index contributed by atoms with van der Waals surface area (Å²) < 4.78 is 11.0. The maximum Gasteiger partial charge on any atom is 0.163 e. The van der Waals surface area contributed by atoms with Crippen LogP contribution in [0.1, 0.15) is 5.56 Å². The molecule has 0 unspecified atom stereocenters. The van der Waals surface area contributed by atoms with Gasteiger partial charge in [0.2, 0.25) is 0 Å². The van der Waals surface area contributed by atoms with E-state index in [1.54, 1.807) is 12.3 Å². The molecule has 0 bridgehead atoms. The highest BCUT2D eigenvalue weighted by molar-refractivity contribution is 7.80. The SMILES string of the molecule is NC(=S)c1cccnc1Nc1ccc2c(c1)OCCO2. The van der Waals surface area contributed by atoms with Crippen LogP contribution in [0.5, 0.6) is 11.5 Å². The minimum Gasteiger partial charge on any atom is -0.486 e. The number of pyridine rings is 1. The third-order valence-electron chi connectivity index (χ3n) is 2.88. The third kappa shape index (κ3) is 2.50. The summed E-state index contributed by atoms with van der Waals surface area (Å²) in [7, 11) is 0. The van der Waals surface area contributed by atoms with Crippen molar-refractivity contribution in [3.8, 4) is 11.5 Å². The first kappa shape index (κ1) is 12.7. The van der Waals surface area contributed by atoms with Crippen molar-refractivity contribution >= 4 is 28.7 Å². The van der Waals surface area contributed by atoms with Crippen molar-refractivity contribution in [2.24, 2.45) is 5.73 Å². The van der Waals surface area contributed by atoms with E-state index in [4.69, 9.17) is 27.4 Å². The van der Waals surface area contributed by atoms with Crippen molar-refractivity contribution in [3.63, 3.8) is 0 Å². The normalized spacial score (nSPS) is 12.8. The Bertz CT molecular complexity index is 661. The van der Waals surface area contributed by atoms with Gasteiger partial charge in [0.25, 0.3) is 0 Å². The first-order valence-corrected chi connectivity index (χ1v) is 6.56. The minimum absolute atomic E-state index is 0.304. The molecule has 0 radical (unpaired) electrons. The number of hydrogen-bond acceptors (Lipinski definition) is 5. The van der Waals surface area contributed by atoms with Crippen molar-refractivity contribution in [2.75, 3.05) is 18.5 Å². The topological polar surface area (TPSA) is 69.4 Å². The zero-order valence-corrected chi connectivity index (χ0v) is 11.4. The van der Waals surface area contributed by atoms with Gasteiger partial charge in [-0.1, -0.05) is 12.2 Å². The number of anilines is 2. The van der Waals surface area contributed by atoms with E-state index in [9.17, 15) is 0 Å². The number of benzene rings is 1. The highest BCUT2D eigenvalue weighted by Crippen LogP contribution is 2.33. The molecular formula is C14H13N3O2S. The van der Waals surface area contributed by atoms with E-state index in [0.29, 0.717) is 35.3 Å². The van der Waals surface area contributed by atoms with Crippen LogP contribution in [0.2, 0.25) is 0 Å². The highest BCUT2D eigenvalue weighted by Gasteiger charge is 2.13. The summed E-state index contributed by atoms with van der Waals surface area (Å²) in [5, 5.41) is 3.19. The molecule has 1 aromatic carbocycles. The van der Waals surface area contributed by atoms with Crippen molar-refractivity contribution in [3.05, 3.63) is 42.1 Å². The van der Waals surface area contributed by atoms with E-state index >= 15 is 0 Å². The van der Waals surface area contributed by atoms with Crippen LogP contribution in [0.25, 0.3) is 0 Å². The van der Waals surface area contributed by atoms with Crippen LogP contribution in [-0.4, -0.2) is 23.2 Å². The maximum absolute atomic E-state index is 5.69.